The number of rotatable bonds is 5. The van der Waals surface area contributed by atoms with Crippen LogP contribution in [0.3, 0.4) is 0 Å². The summed E-state index contributed by atoms with van der Waals surface area (Å²) in [6.07, 6.45) is 0. The van der Waals surface area contributed by atoms with Crippen LogP contribution in [0, 0.1) is 5.82 Å². The van der Waals surface area contributed by atoms with Crippen molar-refractivity contribution >= 4 is 5.91 Å². The number of amides is 1. The van der Waals surface area contributed by atoms with Gasteiger partial charge in [-0.25, -0.2) is 4.39 Å². The zero-order valence-corrected chi connectivity index (χ0v) is 13.8. The fourth-order valence-electron chi connectivity index (χ4n) is 2.32. The van der Waals surface area contributed by atoms with Crippen LogP contribution in [0.1, 0.15) is 16.2 Å². The highest BCUT2D eigenvalue weighted by Crippen LogP contribution is 2.19. The smallest absolute Gasteiger partial charge is 0.254 e. The van der Waals surface area contributed by atoms with Crippen LogP contribution >= 0.6 is 0 Å². The molecule has 0 fully saturated rings. The summed E-state index contributed by atoms with van der Waals surface area (Å²) >= 11 is 0. The predicted molar refractivity (Wildman–Crippen MR) is 88.5 cm³/mol. The van der Waals surface area contributed by atoms with E-state index in [2.05, 4.69) is 10.1 Å². The second kappa shape index (κ2) is 7.12. The Morgan fingerprint density at radius 2 is 2.00 bits per heavy atom. The molecule has 0 aliphatic carbocycles. The molecule has 128 valence electrons. The Balaban J connectivity index is 1.72. The number of hydrogen-bond acceptors (Lipinski definition) is 5. The van der Waals surface area contributed by atoms with E-state index in [4.69, 9.17) is 9.26 Å². The van der Waals surface area contributed by atoms with Crippen molar-refractivity contribution in [3.8, 4) is 17.1 Å². The van der Waals surface area contributed by atoms with Gasteiger partial charge in [0.25, 0.3) is 5.91 Å². The van der Waals surface area contributed by atoms with Crippen molar-refractivity contribution in [3.05, 3.63) is 65.8 Å². The minimum atomic E-state index is -0.592. The second-order valence-corrected chi connectivity index (χ2v) is 5.39. The lowest BCUT2D eigenvalue weighted by Crippen LogP contribution is -2.26. The van der Waals surface area contributed by atoms with Gasteiger partial charge in [-0.1, -0.05) is 35.5 Å². The van der Waals surface area contributed by atoms with E-state index in [9.17, 15) is 9.18 Å². The molecule has 0 aliphatic heterocycles. The van der Waals surface area contributed by atoms with E-state index in [1.54, 1.807) is 7.05 Å². The van der Waals surface area contributed by atoms with Gasteiger partial charge < -0.3 is 14.2 Å². The average molecular weight is 341 g/mol. The molecule has 1 aromatic heterocycles. The van der Waals surface area contributed by atoms with Crippen molar-refractivity contribution in [1.82, 2.24) is 15.0 Å². The largest absolute Gasteiger partial charge is 0.494 e. The molecule has 0 saturated carbocycles. The molecule has 0 bridgehead atoms. The summed E-state index contributed by atoms with van der Waals surface area (Å²) in [5.74, 6) is -0.119. The molecule has 0 spiro atoms. The summed E-state index contributed by atoms with van der Waals surface area (Å²) in [4.78, 5) is 18.1. The average Bonchev–Trinajstić information content (AvgIpc) is 3.10. The number of hydrogen-bond donors (Lipinski definition) is 0. The maximum absolute atomic E-state index is 13.8. The summed E-state index contributed by atoms with van der Waals surface area (Å²) in [6.45, 7) is 0.117. The Kier molecular flexibility index (Phi) is 4.74. The van der Waals surface area contributed by atoms with Crippen molar-refractivity contribution in [2.24, 2.45) is 0 Å². The Labute approximate surface area is 143 Å². The highest BCUT2D eigenvalue weighted by atomic mass is 19.1. The van der Waals surface area contributed by atoms with Gasteiger partial charge in [0.2, 0.25) is 11.7 Å². The van der Waals surface area contributed by atoms with Gasteiger partial charge in [0.05, 0.1) is 13.7 Å². The molecule has 0 unspecified atom stereocenters. The van der Waals surface area contributed by atoms with Crippen LogP contribution in [0.25, 0.3) is 11.4 Å². The zero-order valence-electron chi connectivity index (χ0n) is 13.8. The van der Waals surface area contributed by atoms with Crippen molar-refractivity contribution in [3.63, 3.8) is 0 Å². The highest BCUT2D eigenvalue weighted by molar-refractivity contribution is 5.94. The Bertz CT molecular complexity index is 880. The van der Waals surface area contributed by atoms with Gasteiger partial charge in [0.1, 0.15) is 0 Å². The van der Waals surface area contributed by atoms with Crippen LogP contribution in [0.2, 0.25) is 0 Å². The van der Waals surface area contributed by atoms with Gasteiger partial charge in [0.15, 0.2) is 11.6 Å². The van der Waals surface area contributed by atoms with Gasteiger partial charge in [-0.15, -0.1) is 0 Å². The topological polar surface area (TPSA) is 68.5 Å². The zero-order chi connectivity index (χ0) is 17.8. The Hall–Kier alpha value is -3.22. The fraction of sp³-hybridized carbons (Fsp3) is 0.167. The molecule has 3 rings (SSSR count). The third-order valence-corrected chi connectivity index (χ3v) is 3.62. The van der Waals surface area contributed by atoms with Gasteiger partial charge in [0, 0.05) is 18.2 Å². The summed E-state index contributed by atoms with van der Waals surface area (Å²) in [5.41, 5.74) is 1.03. The first-order chi connectivity index (χ1) is 12.1. The lowest BCUT2D eigenvalue weighted by Gasteiger charge is -2.15. The molecule has 0 radical (unpaired) electrons. The molecular weight excluding hydrogens is 325 g/mol. The third-order valence-electron chi connectivity index (χ3n) is 3.62. The molecule has 3 aromatic rings. The quantitative estimate of drug-likeness (QED) is 0.713. The molecule has 25 heavy (non-hydrogen) atoms. The number of methoxy groups -OCH3 is 1. The first-order valence-corrected chi connectivity index (χ1v) is 7.55. The Morgan fingerprint density at radius 1 is 1.24 bits per heavy atom. The normalized spacial score (nSPS) is 10.5. The first-order valence-electron chi connectivity index (χ1n) is 7.55. The second-order valence-electron chi connectivity index (χ2n) is 5.39. The van der Waals surface area contributed by atoms with E-state index in [0.717, 1.165) is 11.6 Å². The predicted octanol–water partition coefficient (Wildman–Crippen LogP) is 3.16. The third kappa shape index (κ3) is 3.65. The van der Waals surface area contributed by atoms with Crippen LogP contribution in [-0.4, -0.2) is 35.1 Å². The van der Waals surface area contributed by atoms with E-state index in [-0.39, 0.29) is 23.8 Å². The molecule has 1 heterocycles. The highest BCUT2D eigenvalue weighted by Gasteiger charge is 2.17. The van der Waals surface area contributed by atoms with E-state index < -0.39 is 5.82 Å². The molecule has 0 aliphatic rings. The van der Waals surface area contributed by atoms with Crippen molar-refractivity contribution in [1.29, 1.82) is 0 Å². The number of carbonyl (C=O) groups excluding carboxylic acids is 1. The van der Waals surface area contributed by atoms with E-state index in [1.807, 2.05) is 30.3 Å². The fourth-order valence-corrected chi connectivity index (χ4v) is 2.32. The van der Waals surface area contributed by atoms with Crippen LogP contribution < -0.4 is 4.74 Å². The molecule has 2 aromatic carbocycles. The lowest BCUT2D eigenvalue weighted by atomic mass is 10.2. The minimum Gasteiger partial charge on any atom is -0.494 e. The van der Waals surface area contributed by atoms with Gasteiger partial charge in [-0.05, 0) is 18.2 Å². The summed E-state index contributed by atoms with van der Waals surface area (Å²) in [7, 11) is 2.95. The number of nitrogens with zero attached hydrogens (tertiary/aromatic N) is 3. The van der Waals surface area contributed by atoms with Crippen molar-refractivity contribution < 1.29 is 18.4 Å². The molecule has 0 atom stereocenters. The van der Waals surface area contributed by atoms with Crippen LogP contribution in [0.15, 0.2) is 53.1 Å². The standard InChI is InChI=1S/C18H16FN3O3/c1-22(18(23)13-8-9-15(24-2)14(19)10-13)11-16-20-17(21-25-16)12-6-4-3-5-7-12/h3-10H,11H2,1-2H3. The maximum atomic E-state index is 13.8. The number of halogens is 1. The summed E-state index contributed by atoms with van der Waals surface area (Å²) < 4.78 is 23.8. The molecule has 1 amide bonds. The number of benzene rings is 2. The molecule has 7 heteroatoms. The lowest BCUT2D eigenvalue weighted by molar-refractivity contribution is 0.0769. The molecule has 6 nitrogen and oxygen atoms in total. The van der Waals surface area contributed by atoms with E-state index in [1.165, 1.54) is 24.1 Å². The first kappa shape index (κ1) is 16.6. The van der Waals surface area contributed by atoms with Crippen molar-refractivity contribution in [2.45, 2.75) is 6.54 Å². The summed E-state index contributed by atoms with van der Waals surface area (Å²) in [5, 5.41) is 3.91. The number of carbonyl (C=O) groups is 1. The Morgan fingerprint density at radius 3 is 2.68 bits per heavy atom. The monoisotopic (exact) mass is 341 g/mol. The minimum absolute atomic E-state index is 0.0867. The van der Waals surface area contributed by atoms with Crippen LogP contribution in [0.5, 0.6) is 5.75 Å². The van der Waals surface area contributed by atoms with Gasteiger partial charge in [-0.3, -0.25) is 4.79 Å². The number of ether oxygens (including phenoxy) is 1. The van der Waals surface area contributed by atoms with Gasteiger partial charge >= 0.3 is 0 Å². The van der Waals surface area contributed by atoms with E-state index in [0.29, 0.717) is 11.7 Å². The van der Waals surface area contributed by atoms with Gasteiger partial charge in [-0.2, -0.15) is 4.98 Å². The van der Waals surface area contributed by atoms with Crippen LogP contribution in [0.4, 0.5) is 4.39 Å². The van der Waals surface area contributed by atoms with Crippen molar-refractivity contribution in [2.75, 3.05) is 14.2 Å². The molecule has 0 N–H and O–H groups in total. The summed E-state index contributed by atoms with van der Waals surface area (Å²) in [6, 6.07) is 13.4. The molecule has 0 saturated heterocycles. The van der Waals surface area contributed by atoms with Crippen LogP contribution in [-0.2, 0) is 6.54 Å². The molecular formula is C18H16FN3O3. The SMILES string of the molecule is COc1ccc(C(=O)N(C)Cc2nc(-c3ccccc3)no2)cc1F. The van der Waals surface area contributed by atoms with E-state index >= 15 is 0 Å². The number of aromatic nitrogens is 2. The maximum Gasteiger partial charge on any atom is 0.254 e.